The molecule has 7 heteroatoms. The first-order valence-corrected chi connectivity index (χ1v) is 9.13. The Balaban J connectivity index is 1.68. The summed E-state index contributed by atoms with van der Waals surface area (Å²) < 4.78 is 5.45. The van der Waals surface area contributed by atoms with Crippen molar-refractivity contribution in [3.8, 4) is 0 Å². The molecular weight excluding hydrogens is 308 g/mol. The summed E-state index contributed by atoms with van der Waals surface area (Å²) in [7, 11) is 0. The van der Waals surface area contributed by atoms with Gasteiger partial charge in [0.2, 0.25) is 5.91 Å². The molecule has 7 nitrogen and oxygen atoms in total. The van der Waals surface area contributed by atoms with Crippen LogP contribution in [0.4, 0.5) is 0 Å². The maximum atomic E-state index is 12.9. The number of hydrazone groups is 1. The Hall–Kier alpha value is -1.47. The van der Waals surface area contributed by atoms with Crippen molar-refractivity contribution in [1.29, 1.82) is 0 Å². The number of carbonyl (C=O) groups is 2. The third-order valence-electron chi connectivity index (χ3n) is 5.38. The topological polar surface area (TPSA) is 65.5 Å². The molecule has 2 saturated heterocycles. The molecule has 0 N–H and O–H groups in total. The van der Waals surface area contributed by atoms with Gasteiger partial charge >= 0.3 is 0 Å². The van der Waals surface area contributed by atoms with Gasteiger partial charge < -0.3 is 9.64 Å². The Morgan fingerprint density at radius 2 is 1.96 bits per heavy atom. The average Bonchev–Trinajstić information content (AvgIpc) is 3.06. The molecule has 2 amide bonds. The van der Waals surface area contributed by atoms with Gasteiger partial charge in [0.1, 0.15) is 5.71 Å². The Labute approximate surface area is 143 Å². The van der Waals surface area contributed by atoms with Crippen molar-refractivity contribution in [3.05, 3.63) is 0 Å². The summed E-state index contributed by atoms with van der Waals surface area (Å²) >= 11 is 0. The molecule has 134 valence electrons. The highest BCUT2D eigenvalue weighted by molar-refractivity contribution is 6.39. The summed E-state index contributed by atoms with van der Waals surface area (Å²) in [6.45, 7) is 9.59. The minimum absolute atomic E-state index is 0.00750. The van der Waals surface area contributed by atoms with E-state index in [-0.39, 0.29) is 11.8 Å². The fourth-order valence-corrected chi connectivity index (χ4v) is 3.93. The maximum Gasteiger partial charge on any atom is 0.270 e. The molecule has 0 unspecified atom stereocenters. The van der Waals surface area contributed by atoms with Gasteiger partial charge in [0, 0.05) is 51.6 Å². The number of ether oxygens (including phenoxy) is 1. The lowest BCUT2D eigenvalue weighted by atomic mass is 9.99. The van der Waals surface area contributed by atoms with Gasteiger partial charge in [0.25, 0.3) is 5.91 Å². The number of likely N-dealkylation sites (tertiary alicyclic amines) is 1. The molecule has 0 aromatic carbocycles. The highest BCUT2D eigenvalue weighted by Gasteiger charge is 2.39. The van der Waals surface area contributed by atoms with Gasteiger partial charge in [-0.25, -0.2) is 5.01 Å². The largest absolute Gasteiger partial charge is 0.379 e. The van der Waals surface area contributed by atoms with Crippen LogP contribution in [0.2, 0.25) is 0 Å². The smallest absolute Gasteiger partial charge is 0.270 e. The van der Waals surface area contributed by atoms with Crippen LogP contribution in [-0.4, -0.2) is 84.3 Å². The van der Waals surface area contributed by atoms with Crippen molar-refractivity contribution in [2.24, 2.45) is 11.0 Å². The summed E-state index contributed by atoms with van der Waals surface area (Å²) in [6, 6.07) is 0.413. The van der Waals surface area contributed by atoms with E-state index in [1.54, 1.807) is 0 Å². The van der Waals surface area contributed by atoms with E-state index in [4.69, 9.17) is 4.74 Å². The van der Waals surface area contributed by atoms with Gasteiger partial charge in [-0.3, -0.25) is 14.5 Å². The van der Waals surface area contributed by atoms with Crippen LogP contribution in [0, 0.1) is 5.92 Å². The lowest BCUT2D eigenvalue weighted by molar-refractivity contribution is -0.131. The normalized spacial score (nSPS) is 29.1. The first-order valence-electron chi connectivity index (χ1n) is 9.13. The third-order valence-corrected chi connectivity index (χ3v) is 5.38. The molecule has 24 heavy (non-hydrogen) atoms. The van der Waals surface area contributed by atoms with E-state index >= 15 is 0 Å². The molecule has 3 aliphatic rings. The van der Waals surface area contributed by atoms with Gasteiger partial charge in [-0.2, -0.15) is 5.10 Å². The molecule has 0 spiro atoms. The molecule has 0 bridgehead atoms. The van der Waals surface area contributed by atoms with Gasteiger partial charge in [0.15, 0.2) is 0 Å². The predicted octanol–water partition coefficient (Wildman–Crippen LogP) is 0.554. The fourth-order valence-electron chi connectivity index (χ4n) is 3.93. The summed E-state index contributed by atoms with van der Waals surface area (Å²) in [4.78, 5) is 29.0. The second-order valence-corrected chi connectivity index (χ2v) is 6.75. The van der Waals surface area contributed by atoms with Crippen LogP contribution in [-0.2, 0) is 14.3 Å². The first kappa shape index (κ1) is 17.4. The number of rotatable bonds is 4. The zero-order chi connectivity index (χ0) is 17.1. The standard InChI is InChI=1S/C17H28N4O3/c1-3-13-11-20(12-15(13)19-7-9-24-10-8-19)17(23)14-5-6-16(22)21(4-2)18-14/h13,15H,3-12H2,1-2H3/t13-,15+/m0/s1. The highest BCUT2D eigenvalue weighted by atomic mass is 16.5. The maximum absolute atomic E-state index is 12.9. The first-order chi connectivity index (χ1) is 11.6. The number of morpholine rings is 1. The predicted molar refractivity (Wildman–Crippen MR) is 90.6 cm³/mol. The van der Waals surface area contributed by atoms with Gasteiger partial charge in [-0.05, 0) is 12.8 Å². The van der Waals surface area contributed by atoms with Gasteiger partial charge in [-0.1, -0.05) is 13.3 Å². The monoisotopic (exact) mass is 336 g/mol. The lowest BCUT2D eigenvalue weighted by Gasteiger charge is -2.34. The van der Waals surface area contributed by atoms with Crippen LogP contribution in [0.25, 0.3) is 0 Å². The molecular formula is C17H28N4O3. The molecule has 3 aliphatic heterocycles. The van der Waals surface area contributed by atoms with Crippen LogP contribution in [0.15, 0.2) is 5.10 Å². The second-order valence-electron chi connectivity index (χ2n) is 6.75. The number of hydrogen-bond donors (Lipinski definition) is 0. The van der Waals surface area contributed by atoms with E-state index in [1.165, 1.54) is 5.01 Å². The van der Waals surface area contributed by atoms with E-state index in [9.17, 15) is 9.59 Å². The molecule has 0 radical (unpaired) electrons. The summed E-state index contributed by atoms with van der Waals surface area (Å²) in [5.41, 5.74) is 0.536. The SMILES string of the molecule is CC[C@H]1CN(C(=O)C2=NN(CC)C(=O)CC2)C[C@H]1N1CCOCC1. The van der Waals surface area contributed by atoms with Crippen LogP contribution in [0.5, 0.6) is 0 Å². The number of carbonyl (C=O) groups excluding carboxylic acids is 2. The van der Waals surface area contributed by atoms with Crippen molar-refractivity contribution in [1.82, 2.24) is 14.8 Å². The van der Waals surface area contributed by atoms with Crippen molar-refractivity contribution >= 4 is 17.5 Å². The lowest BCUT2D eigenvalue weighted by Crippen LogP contribution is -2.47. The van der Waals surface area contributed by atoms with E-state index in [0.29, 0.717) is 37.1 Å². The molecule has 2 fully saturated rings. The zero-order valence-corrected chi connectivity index (χ0v) is 14.7. The molecule has 0 aromatic heterocycles. The number of nitrogens with zero attached hydrogens (tertiary/aromatic N) is 4. The van der Waals surface area contributed by atoms with Gasteiger partial charge in [0.05, 0.1) is 13.2 Å². The molecule has 0 saturated carbocycles. The van der Waals surface area contributed by atoms with Crippen LogP contribution < -0.4 is 0 Å². The Morgan fingerprint density at radius 3 is 2.62 bits per heavy atom. The summed E-state index contributed by atoms with van der Waals surface area (Å²) in [5, 5.41) is 5.71. The number of hydrogen-bond acceptors (Lipinski definition) is 5. The molecule has 3 heterocycles. The number of amides is 2. The fraction of sp³-hybridized carbons (Fsp3) is 0.824. The Bertz CT molecular complexity index is 516. The zero-order valence-electron chi connectivity index (χ0n) is 14.7. The quantitative estimate of drug-likeness (QED) is 0.752. The minimum Gasteiger partial charge on any atom is -0.379 e. The minimum atomic E-state index is 0.00750. The van der Waals surface area contributed by atoms with E-state index < -0.39 is 0 Å². The van der Waals surface area contributed by atoms with E-state index in [2.05, 4.69) is 16.9 Å². The van der Waals surface area contributed by atoms with Crippen LogP contribution in [0.3, 0.4) is 0 Å². The van der Waals surface area contributed by atoms with Crippen molar-refractivity contribution in [3.63, 3.8) is 0 Å². The van der Waals surface area contributed by atoms with Crippen molar-refractivity contribution in [2.75, 3.05) is 45.9 Å². The summed E-state index contributed by atoms with van der Waals surface area (Å²) in [6.07, 6.45) is 1.91. The summed E-state index contributed by atoms with van der Waals surface area (Å²) in [5.74, 6) is 0.517. The molecule has 0 aromatic rings. The van der Waals surface area contributed by atoms with E-state index in [1.807, 2.05) is 11.8 Å². The second kappa shape index (κ2) is 7.61. The molecule has 2 atom stereocenters. The molecule has 0 aliphatic carbocycles. The Morgan fingerprint density at radius 1 is 1.21 bits per heavy atom. The van der Waals surface area contributed by atoms with Crippen LogP contribution >= 0.6 is 0 Å². The third kappa shape index (κ3) is 3.47. The average molecular weight is 336 g/mol. The van der Waals surface area contributed by atoms with E-state index in [0.717, 1.165) is 45.8 Å². The van der Waals surface area contributed by atoms with Crippen LogP contribution in [0.1, 0.15) is 33.1 Å². The van der Waals surface area contributed by atoms with Gasteiger partial charge in [-0.15, -0.1) is 0 Å². The molecule has 3 rings (SSSR count). The Kier molecular flexibility index (Phi) is 5.50. The highest BCUT2D eigenvalue weighted by Crippen LogP contribution is 2.26. The van der Waals surface area contributed by atoms with Crippen molar-refractivity contribution in [2.45, 2.75) is 39.2 Å². The van der Waals surface area contributed by atoms with Crippen molar-refractivity contribution < 1.29 is 14.3 Å².